The van der Waals surface area contributed by atoms with Crippen molar-refractivity contribution >= 4 is 35.1 Å². The van der Waals surface area contributed by atoms with Crippen molar-refractivity contribution in [2.45, 2.75) is 77.5 Å². The van der Waals surface area contributed by atoms with Crippen molar-refractivity contribution in [2.75, 3.05) is 71.4 Å². The molecule has 0 bridgehead atoms. The van der Waals surface area contributed by atoms with Crippen LogP contribution in [0.1, 0.15) is 59.1 Å². The monoisotopic (exact) mass is 755 g/mol. The van der Waals surface area contributed by atoms with Crippen LogP contribution >= 0.6 is 0 Å². The van der Waals surface area contributed by atoms with Crippen LogP contribution in [-0.4, -0.2) is 117 Å². The SMILES string of the molecule is CC(=O)NC(=O)C1=C(O)[C@@H](N(C)C)[C@@H]2C[C@@H]3Cc4c(N(C)C)cc(NC(=O)CNC(C)(C)C)c(OC(C)=O)c4C4(OCCO4)C3=C(O)[C@]2(C)C12OCCO2. The first-order chi connectivity index (χ1) is 25.2. The smallest absolute Gasteiger partial charge is 0.308 e. The Labute approximate surface area is 315 Å². The Kier molecular flexibility index (Phi) is 10.2. The Bertz CT molecular complexity index is 1820. The van der Waals surface area contributed by atoms with Gasteiger partial charge in [-0.05, 0) is 72.2 Å². The normalized spacial score (nSPS) is 26.8. The molecular weight excluding hydrogens is 702 g/mol. The Morgan fingerprint density at radius 3 is 2.13 bits per heavy atom. The summed E-state index contributed by atoms with van der Waals surface area (Å²) in [6.07, 6.45) is 0.647. The van der Waals surface area contributed by atoms with Gasteiger partial charge >= 0.3 is 5.97 Å². The van der Waals surface area contributed by atoms with Gasteiger partial charge in [0.15, 0.2) is 5.75 Å². The van der Waals surface area contributed by atoms with Gasteiger partial charge in [0.1, 0.15) is 17.1 Å². The minimum absolute atomic E-state index is 0.0112. The van der Waals surface area contributed by atoms with Crippen molar-refractivity contribution in [3.05, 3.63) is 39.9 Å². The topological polar surface area (TPSA) is 197 Å². The van der Waals surface area contributed by atoms with E-state index in [0.29, 0.717) is 29.7 Å². The molecule has 2 heterocycles. The average molecular weight is 756 g/mol. The second kappa shape index (κ2) is 13.9. The number of nitrogens with one attached hydrogen (secondary N) is 3. The van der Waals surface area contributed by atoms with Crippen LogP contribution in [0.15, 0.2) is 28.7 Å². The lowest BCUT2D eigenvalue weighted by Gasteiger charge is -2.60. The van der Waals surface area contributed by atoms with Crippen LogP contribution in [0.3, 0.4) is 0 Å². The maximum absolute atomic E-state index is 13.9. The summed E-state index contributed by atoms with van der Waals surface area (Å²) in [7, 11) is 7.23. The molecule has 6 rings (SSSR count). The van der Waals surface area contributed by atoms with Crippen molar-refractivity contribution < 1.29 is 53.1 Å². The average Bonchev–Trinajstić information content (AvgIpc) is 3.73. The molecule has 5 aliphatic rings. The van der Waals surface area contributed by atoms with Crippen LogP contribution in [0.25, 0.3) is 0 Å². The van der Waals surface area contributed by atoms with E-state index in [2.05, 4.69) is 16.0 Å². The van der Waals surface area contributed by atoms with Gasteiger partial charge in [0.25, 0.3) is 5.91 Å². The van der Waals surface area contributed by atoms with Crippen molar-refractivity contribution in [1.29, 1.82) is 0 Å². The van der Waals surface area contributed by atoms with Gasteiger partial charge in [-0.1, -0.05) is 0 Å². The van der Waals surface area contributed by atoms with Crippen molar-refractivity contribution in [1.82, 2.24) is 15.5 Å². The van der Waals surface area contributed by atoms with Crippen molar-refractivity contribution in [3.8, 4) is 5.75 Å². The number of hydrogen-bond donors (Lipinski definition) is 5. The number of amides is 3. The summed E-state index contributed by atoms with van der Waals surface area (Å²) < 4.78 is 31.8. The Morgan fingerprint density at radius 2 is 1.59 bits per heavy atom. The fourth-order valence-corrected chi connectivity index (χ4v) is 9.10. The van der Waals surface area contributed by atoms with Crippen LogP contribution < -0.4 is 25.6 Å². The molecule has 2 fully saturated rings. The van der Waals surface area contributed by atoms with E-state index >= 15 is 0 Å². The fraction of sp³-hybridized carbons (Fsp3) is 0.632. The first-order valence-corrected chi connectivity index (χ1v) is 18.2. The Balaban J connectivity index is 1.64. The van der Waals surface area contributed by atoms with E-state index in [4.69, 9.17) is 23.7 Å². The summed E-state index contributed by atoms with van der Waals surface area (Å²) in [5.74, 6) is -8.10. The summed E-state index contributed by atoms with van der Waals surface area (Å²) in [6, 6.07) is 0.931. The summed E-state index contributed by atoms with van der Waals surface area (Å²) in [6.45, 7) is 10.2. The highest BCUT2D eigenvalue weighted by molar-refractivity contribution is 6.05. The molecule has 16 heteroatoms. The molecule has 16 nitrogen and oxygen atoms in total. The van der Waals surface area contributed by atoms with Crippen LogP contribution in [0.5, 0.6) is 5.75 Å². The molecule has 0 aromatic heterocycles. The molecule has 0 radical (unpaired) electrons. The van der Waals surface area contributed by atoms with Crippen molar-refractivity contribution in [2.24, 2.45) is 17.3 Å². The molecule has 296 valence electrons. The van der Waals surface area contributed by atoms with E-state index < -0.39 is 52.7 Å². The fourth-order valence-electron chi connectivity index (χ4n) is 9.10. The molecule has 3 amide bonds. The summed E-state index contributed by atoms with van der Waals surface area (Å²) in [4.78, 5) is 56.0. The number of fused-ring (bicyclic) bond motifs is 6. The summed E-state index contributed by atoms with van der Waals surface area (Å²) >= 11 is 0. The van der Waals surface area contributed by atoms with E-state index in [9.17, 15) is 29.4 Å². The molecule has 0 unspecified atom stereocenters. The lowest BCUT2D eigenvalue weighted by molar-refractivity contribution is -0.245. The number of aliphatic hydroxyl groups is 2. The maximum Gasteiger partial charge on any atom is 0.308 e. The van der Waals surface area contributed by atoms with Gasteiger partial charge in [-0.15, -0.1) is 0 Å². The van der Waals surface area contributed by atoms with Gasteiger partial charge in [0.2, 0.25) is 23.4 Å². The molecule has 4 atom stereocenters. The first-order valence-electron chi connectivity index (χ1n) is 18.2. The largest absolute Gasteiger partial charge is 0.511 e. The first kappa shape index (κ1) is 39.6. The second-order valence-corrected chi connectivity index (χ2v) is 16.3. The zero-order valence-corrected chi connectivity index (χ0v) is 32.7. The highest BCUT2D eigenvalue weighted by atomic mass is 16.7. The van der Waals surface area contributed by atoms with Gasteiger partial charge in [-0.3, -0.25) is 29.4 Å². The maximum atomic E-state index is 13.9. The third kappa shape index (κ3) is 6.16. The van der Waals surface area contributed by atoms with Gasteiger partial charge in [-0.2, -0.15) is 0 Å². The van der Waals surface area contributed by atoms with Gasteiger partial charge in [-0.25, -0.2) is 0 Å². The lowest BCUT2D eigenvalue weighted by Crippen LogP contribution is -2.67. The zero-order chi connectivity index (χ0) is 39.7. The van der Waals surface area contributed by atoms with E-state index in [1.807, 2.05) is 39.8 Å². The molecule has 5 N–H and O–H groups in total. The van der Waals surface area contributed by atoms with E-state index in [1.165, 1.54) is 13.8 Å². The lowest BCUT2D eigenvalue weighted by atomic mass is 9.51. The van der Waals surface area contributed by atoms with Gasteiger partial charge in [0, 0.05) is 50.7 Å². The number of imide groups is 1. The number of rotatable bonds is 7. The zero-order valence-electron chi connectivity index (χ0n) is 32.7. The third-order valence-electron chi connectivity index (χ3n) is 11.1. The minimum Gasteiger partial charge on any atom is -0.511 e. The number of carbonyl (C=O) groups excluding carboxylic acids is 4. The quantitative estimate of drug-likeness (QED) is 0.201. The molecule has 1 aromatic carbocycles. The number of ether oxygens (including phenoxy) is 5. The van der Waals surface area contributed by atoms with E-state index in [1.54, 1.807) is 32.0 Å². The molecule has 3 aliphatic carbocycles. The van der Waals surface area contributed by atoms with E-state index in [-0.39, 0.29) is 72.9 Å². The highest BCUT2D eigenvalue weighted by Gasteiger charge is 2.73. The van der Waals surface area contributed by atoms with E-state index in [0.717, 1.165) is 5.56 Å². The molecule has 2 saturated heterocycles. The Morgan fingerprint density at radius 1 is 0.981 bits per heavy atom. The number of hydrogen-bond acceptors (Lipinski definition) is 14. The standard InChI is InChI=1S/C38H53N5O11/c1-19(44)40-34(49)29-31(47)30(43(9)10)23-16-21-15-22-25(42(7)8)17-24(41-26(46)18-39-35(3,4)5)32(54-20(2)45)28(22)37(50-11-12-51-37)27(21)33(48)36(23,6)38(29)52-13-14-53-38/h17,21,23,30,39,47-48H,11-16,18H2,1-10H3,(H,41,46)(H,40,44,49)/t21-,23-,30-,36+/m0/s1. The van der Waals surface area contributed by atoms with Crippen LogP contribution in [0.2, 0.25) is 0 Å². The number of aliphatic hydroxyl groups excluding tert-OH is 2. The van der Waals surface area contributed by atoms with Crippen molar-refractivity contribution in [3.63, 3.8) is 0 Å². The predicted molar refractivity (Wildman–Crippen MR) is 196 cm³/mol. The second-order valence-electron chi connectivity index (χ2n) is 16.3. The number of nitrogens with zero attached hydrogens (tertiary/aromatic N) is 2. The van der Waals surface area contributed by atoms with Crippen LogP contribution in [-0.2, 0) is 50.3 Å². The highest BCUT2D eigenvalue weighted by Crippen LogP contribution is 2.67. The molecule has 2 aliphatic heterocycles. The minimum atomic E-state index is -2.03. The van der Waals surface area contributed by atoms with Gasteiger partial charge < -0.3 is 49.4 Å². The number of likely N-dealkylation sites (N-methyl/N-ethyl adjacent to an activating group) is 1. The molecular formula is C38H53N5O11. The Hall–Kier alpha value is -4.06. The molecule has 1 aromatic rings. The number of esters is 1. The molecule has 0 saturated carbocycles. The van der Waals surface area contributed by atoms with Gasteiger partial charge in [0.05, 0.1) is 55.7 Å². The number of benzene rings is 1. The predicted octanol–water partition coefficient (Wildman–Crippen LogP) is 2.38. The van der Waals surface area contributed by atoms with Crippen LogP contribution in [0, 0.1) is 17.3 Å². The van der Waals surface area contributed by atoms with Crippen LogP contribution in [0.4, 0.5) is 11.4 Å². The summed E-state index contributed by atoms with van der Waals surface area (Å²) in [5.41, 5.74) is 0.0142. The number of anilines is 2. The molecule has 2 spiro atoms. The number of carbonyl (C=O) groups is 4. The molecule has 54 heavy (non-hydrogen) atoms. The summed E-state index contributed by atoms with van der Waals surface area (Å²) in [5, 5.41) is 33.4. The third-order valence-corrected chi connectivity index (χ3v) is 11.1.